The first-order chi connectivity index (χ1) is 14.1. The number of carbonyl (C=O) groups excluding carboxylic acids is 2. The van der Waals surface area contributed by atoms with Gasteiger partial charge in [-0.3, -0.25) is 9.79 Å². The zero-order valence-electron chi connectivity index (χ0n) is 20.1. The Kier molecular flexibility index (Phi) is 11.0. The monoisotopic (exact) mass is 425 g/mol. The molecule has 0 aromatic carbocycles. The van der Waals surface area contributed by atoms with Gasteiger partial charge in [-0.15, -0.1) is 0 Å². The van der Waals surface area contributed by atoms with Gasteiger partial charge >= 0.3 is 6.09 Å². The van der Waals surface area contributed by atoms with Crippen molar-refractivity contribution >= 4 is 18.0 Å². The Balaban J connectivity index is 2.58. The molecule has 30 heavy (non-hydrogen) atoms. The van der Waals surface area contributed by atoms with E-state index in [0.717, 1.165) is 44.9 Å². The summed E-state index contributed by atoms with van der Waals surface area (Å²) in [6.45, 7) is 17.6. The molecule has 0 saturated carbocycles. The number of ether oxygens (including phenoxy) is 1. The molecular formula is C22H43N5O3. The number of guanidine groups is 1. The number of nitrogens with zero attached hydrogens (tertiary/aromatic N) is 3. The highest BCUT2D eigenvalue weighted by Gasteiger charge is 2.25. The second-order valence-electron chi connectivity index (χ2n) is 9.13. The normalized spacial score (nSPS) is 15.9. The van der Waals surface area contributed by atoms with Crippen molar-refractivity contribution in [3.05, 3.63) is 0 Å². The number of hydrogen-bond acceptors (Lipinski definition) is 4. The van der Waals surface area contributed by atoms with Crippen LogP contribution in [0.5, 0.6) is 0 Å². The Hall–Kier alpha value is -1.99. The molecule has 0 bridgehead atoms. The summed E-state index contributed by atoms with van der Waals surface area (Å²) < 4.78 is 5.50. The van der Waals surface area contributed by atoms with E-state index in [0.29, 0.717) is 19.6 Å². The summed E-state index contributed by atoms with van der Waals surface area (Å²) >= 11 is 0. The van der Waals surface area contributed by atoms with Gasteiger partial charge in [-0.1, -0.05) is 20.8 Å². The summed E-state index contributed by atoms with van der Waals surface area (Å²) in [5, 5.41) is 6.76. The summed E-state index contributed by atoms with van der Waals surface area (Å²) in [6, 6.07) is 0.289. The van der Waals surface area contributed by atoms with Crippen molar-refractivity contribution in [1.82, 2.24) is 20.4 Å². The minimum Gasteiger partial charge on any atom is -0.444 e. The Morgan fingerprint density at radius 2 is 1.80 bits per heavy atom. The maximum atomic E-state index is 12.4. The van der Waals surface area contributed by atoms with Crippen LogP contribution in [0.4, 0.5) is 4.79 Å². The van der Waals surface area contributed by atoms with Crippen molar-refractivity contribution in [3.63, 3.8) is 0 Å². The lowest BCUT2D eigenvalue weighted by Crippen LogP contribution is -2.50. The lowest BCUT2D eigenvalue weighted by atomic mass is 10.0. The molecule has 2 N–H and O–H groups in total. The minimum atomic E-state index is -0.505. The molecule has 0 spiro atoms. The van der Waals surface area contributed by atoms with Crippen molar-refractivity contribution in [2.75, 3.05) is 39.3 Å². The maximum Gasteiger partial charge on any atom is 0.410 e. The van der Waals surface area contributed by atoms with E-state index < -0.39 is 5.60 Å². The number of nitrogens with one attached hydrogen (secondary N) is 2. The number of rotatable bonds is 8. The average molecular weight is 426 g/mol. The highest BCUT2D eigenvalue weighted by molar-refractivity contribution is 5.80. The molecule has 0 radical (unpaired) electrons. The number of piperidine rings is 1. The summed E-state index contributed by atoms with van der Waals surface area (Å²) in [4.78, 5) is 32.9. The third-order valence-electron chi connectivity index (χ3n) is 4.77. The molecule has 1 heterocycles. The smallest absolute Gasteiger partial charge is 0.410 e. The van der Waals surface area contributed by atoms with Gasteiger partial charge in [-0.25, -0.2) is 4.79 Å². The van der Waals surface area contributed by atoms with E-state index >= 15 is 0 Å². The highest BCUT2D eigenvalue weighted by atomic mass is 16.6. The third-order valence-corrected chi connectivity index (χ3v) is 4.77. The first-order valence-electron chi connectivity index (χ1n) is 11.4. The van der Waals surface area contributed by atoms with Gasteiger partial charge in [0.25, 0.3) is 0 Å². The zero-order chi connectivity index (χ0) is 22.7. The Morgan fingerprint density at radius 1 is 1.17 bits per heavy atom. The fraction of sp³-hybridized carbons (Fsp3) is 0.864. The summed E-state index contributed by atoms with van der Waals surface area (Å²) in [5.41, 5.74) is -0.505. The molecule has 2 amide bonds. The first-order valence-corrected chi connectivity index (χ1v) is 11.4. The molecule has 0 atom stereocenters. The Labute approximate surface area is 182 Å². The predicted molar refractivity (Wildman–Crippen MR) is 122 cm³/mol. The van der Waals surface area contributed by atoms with Crippen LogP contribution in [0.1, 0.15) is 67.7 Å². The maximum absolute atomic E-state index is 12.4. The van der Waals surface area contributed by atoms with Crippen molar-refractivity contribution in [2.24, 2.45) is 10.9 Å². The van der Waals surface area contributed by atoms with Crippen molar-refractivity contribution in [2.45, 2.75) is 79.4 Å². The van der Waals surface area contributed by atoms with Gasteiger partial charge in [-0.05, 0) is 47.0 Å². The number of carbonyl (C=O) groups is 2. The van der Waals surface area contributed by atoms with Crippen molar-refractivity contribution < 1.29 is 14.3 Å². The molecule has 1 aliphatic heterocycles. The molecule has 1 aliphatic rings. The van der Waals surface area contributed by atoms with E-state index in [1.165, 1.54) is 0 Å². The third kappa shape index (κ3) is 9.67. The zero-order valence-corrected chi connectivity index (χ0v) is 20.1. The standard InChI is InChI=1S/C22H43N5O3/c1-8-13-27(21(29)30-22(5,6)7)16-12-24-20(23-9-2)25-18-10-14-26(15-11-18)19(28)17(3)4/h17-18H,8-16H2,1-7H3,(H2,23,24,25). The number of hydrogen-bond donors (Lipinski definition) is 2. The van der Waals surface area contributed by atoms with E-state index in [-0.39, 0.29) is 24.0 Å². The van der Waals surface area contributed by atoms with Crippen molar-refractivity contribution in [3.8, 4) is 0 Å². The van der Waals surface area contributed by atoms with E-state index in [1.807, 2.05) is 53.4 Å². The molecule has 1 rings (SSSR count). The highest BCUT2D eigenvalue weighted by Crippen LogP contribution is 2.13. The SMILES string of the molecule is CCCN(CCN=C(NCC)NC1CCN(C(=O)C(C)C)CC1)C(=O)OC(C)(C)C. The quantitative estimate of drug-likeness (QED) is 0.461. The molecule has 8 nitrogen and oxygen atoms in total. The lowest BCUT2D eigenvalue weighted by molar-refractivity contribution is -0.135. The van der Waals surface area contributed by atoms with Crippen LogP contribution in [0.3, 0.4) is 0 Å². The minimum absolute atomic E-state index is 0.0458. The van der Waals surface area contributed by atoms with Crippen LogP contribution in [-0.2, 0) is 9.53 Å². The Morgan fingerprint density at radius 3 is 2.30 bits per heavy atom. The van der Waals surface area contributed by atoms with Gasteiger partial charge in [0.1, 0.15) is 5.60 Å². The van der Waals surface area contributed by atoms with Crippen LogP contribution in [0.25, 0.3) is 0 Å². The molecule has 0 unspecified atom stereocenters. The Bertz CT molecular complexity index is 564. The number of aliphatic imine (C=N–C) groups is 1. The molecule has 1 fully saturated rings. The van der Waals surface area contributed by atoms with Crippen LogP contribution in [0, 0.1) is 5.92 Å². The van der Waals surface area contributed by atoms with Gasteiger partial charge in [-0.2, -0.15) is 0 Å². The molecule has 0 aromatic heterocycles. The molecule has 8 heteroatoms. The lowest BCUT2D eigenvalue weighted by Gasteiger charge is -2.34. The van der Waals surface area contributed by atoms with E-state index in [2.05, 4.69) is 15.6 Å². The van der Waals surface area contributed by atoms with Crippen LogP contribution >= 0.6 is 0 Å². The summed E-state index contributed by atoms with van der Waals surface area (Å²) in [6.07, 6.45) is 2.39. The van der Waals surface area contributed by atoms with E-state index in [4.69, 9.17) is 4.74 Å². The molecule has 0 aromatic rings. The first kappa shape index (κ1) is 26.0. The van der Waals surface area contributed by atoms with E-state index in [1.54, 1.807) is 4.90 Å². The summed E-state index contributed by atoms with van der Waals surface area (Å²) in [5.74, 6) is 1.03. The van der Waals surface area contributed by atoms with Gasteiger partial charge in [0.2, 0.25) is 5.91 Å². The largest absolute Gasteiger partial charge is 0.444 e. The molecule has 174 valence electrons. The fourth-order valence-electron chi connectivity index (χ4n) is 3.30. The topological polar surface area (TPSA) is 86.3 Å². The molecule has 0 aliphatic carbocycles. The van der Waals surface area contributed by atoms with E-state index in [9.17, 15) is 9.59 Å². The van der Waals surface area contributed by atoms with Gasteiger partial charge in [0.15, 0.2) is 5.96 Å². The average Bonchev–Trinajstić information content (AvgIpc) is 2.66. The second kappa shape index (κ2) is 12.6. The number of amides is 2. The molecule has 1 saturated heterocycles. The van der Waals surface area contributed by atoms with Crippen LogP contribution < -0.4 is 10.6 Å². The summed E-state index contributed by atoms with van der Waals surface area (Å²) in [7, 11) is 0. The molecular weight excluding hydrogens is 382 g/mol. The second-order valence-corrected chi connectivity index (χ2v) is 9.13. The van der Waals surface area contributed by atoms with Gasteiger partial charge in [0.05, 0.1) is 6.54 Å². The predicted octanol–water partition coefficient (Wildman–Crippen LogP) is 2.84. The van der Waals surface area contributed by atoms with Crippen LogP contribution in [0.2, 0.25) is 0 Å². The van der Waals surface area contributed by atoms with Crippen molar-refractivity contribution in [1.29, 1.82) is 0 Å². The van der Waals surface area contributed by atoms with Crippen LogP contribution in [0.15, 0.2) is 4.99 Å². The van der Waals surface area contributed by atoms with Crippen LogP contribution in [-0.4, -0.2) is 78.7 Å². The number of likely N-dealkylation sites (tertiary alicyclic amines) is 1. The van der Waals surface area contributed by atoms with Gasteiger partial charge in [0, 0.05) is 44.7 Å². The van der Waals surface area contributed by atoms with Gasteiger partial charge < -0.3 is 25.2 Å². The fourth-order valence-corrected chi connectivity index (χ4v) is 3.30.